The average molecular weight is 373 g/mol. The van der Waals surface area contributed by atoms with Crippen LogP contribution in [-0.4, -0.2) is 64.9 Å². The van der Waals surface area contributed by atoms with Gasteiger partial charge in [0.15, 0.2) is 9.84 Å². The van der Waals surface area contributed by atoms with Gasteiger partial charge in [0.25, 0.3) is 0 Å². The zero-order chi connectivity index (χ0) is 18.0. The molecule has 2 saturated heterocycles. The van der Waals surface area contributed by atoms with Crippen molar-refractivity contribution in [3.05, 3.63) is 48.5 Å². The lowest BCUT2D eigenvalue weighted by Gasteiger charge is -2.40. The van der Waals surface area contributed by atoms with E-state index in [9.17, 15) is 8.42 Å². The van der Waals surface area contributed by atoms with Crippen LogP contribution in [0, 0.1) is 0 Å². The molecule has 2 aliphatic rings. The second kappa shape index (κ2) is 7.28. The van der Waals surface area contributed by atoms with Gasteiger partial charge in [0, 0.05) is 57.0 Å². The highest BCUT2D eigenvalue weighted by Crippen LogP contribution is 2.30. The van der Waals surface area contributed by atoms with Crippen molar-refractivity contribution in [1.29, 1.82) is 0 Å². The van der Waals surface area contributed by atoms with Crippen molar-refractivity contribution in [3.8, 4) is 0 Å². The number of nitrogens with zero attached hydrogens (tertiary/aromatic N) is 5. The summed E-state index contributed by atoms with van der Waals surface area (Å²) >= 11 is 0. The summed E-state index contributed by atoms with van der Waals surface area (Å²) in [6.45, 7) is 2.77. The van der Waals surface area contributed by atoms with Crippen molar-refractivity contribution in [2.24, 2.45) is 0 Å². The standard InChI is InChI=1S/C18H23N5O2S/c24-26(25)12-11-23(14-15-3-1-6-19-13-15)16-4-9-22(10-5-17(16)26)18-20-7-2-8-21-18/h1-3,6-8,13,16-17H,4-5,9-12,14H2/t16-,17+/m0/s1. The van der Waals surface area contributed by atoms with E-state index in [4.69, 9.17) is 0 Å². The Hall–Kier alpha value is -2.06. The first-order valence-electron chi connectivity index (χ1n) is 9.00. The number of sulfone groups is 1. The second-order valence-corrected chi connectivity index (χ2v) is 9.26. The quantitative estimate of drug-likeness (QED) is 0.798. The molecule has 4 rings (SSSR count). The van der Waals surface area contributed by atoms with E-state index in [-0.39, 0.29) is 17.0 Å². The topological polar surface area (TPSA) is 79.3 Å². The monoisotopic (exact) mass is 373 g/mol. The van der Waals surface area contributed by atoms with E-state index in [1.807, 2.05) is 18.3 Å². The molecule has 0 amide bonds. The van der Waals surface area contributed by atoms with Gasteiger partial charge in [-0.25, -0.2) is 18.4 Å². The van der Waals surface area contributed by atoms with E-state index in [0.717, 1.165) is 25.1 Å². The minimum Gasteiger partial charge on any atom is -0.341 e. The SMILES string of the molecule is O=S1(=O)CCN(Cc2cccnc2)[C@H]2CCN(c3ncccn3)CC[C@H]21. The Morgan fingerprint density at radius 2 is 1.85 bits per heavy atom. The van der Waals surface area contributed by atoms with Crippen LogP contribution >= 0.6 is 0 Å². The van der Waals surface area contributed by atoms with Gasteiger partial charge >= 0.3 is 0 Å². The normalized spacial score (nSPS) is 26.1. The van der Waals surface area contributed by atoms with Crippen LogP contribution in [0.1, 0.15) is 18.4 Å². The summed E-state index contributed by atoms with van der Waals surface area (Å²) < 4.78 is 25.4. The molecule has 8 heteroatoms. The summed E-state index contributed by atoms with van der Waals surface area (Å²) in [5, 5.41) is -0.318. The maximum absolute atomic E-state index is 12.7. The molecular weight excluding hydrogens is 350 g/mol. The lowest BCUT2D eigenvalue weighted by Crippen LogP contribution is -2.54. The minimum atomic E-state index is -3.06. The van der Waals surface area contributed by atoms with Crippen molar-refractivity contribution >= 4 is 15.8 Å². The molecule has 26 heavy (non-hydrogen) atoms. The van der Waals surface area contributed by atoms with Crippen molar-refractivity contribution in [1.82, 2.24) is 19.9 Å². The first-order valence-corrected chi connectivity index (χ1v) is 10.7. The molecular formula is C18H23N5O2S. The zero-order valence-corrected chi connectivity index (χ0v) is 15.4. The number of rotatable bonds is 3. The van der Waals surface area contributed by atoms with Crippen LogP contribution in [0.5, 0.6) is 0 Å². The highest BCUT2D eigenvalue weighted by Gasteiger charge is 2.42. The Bertz CT molecular complexity index is 831. The van der Waals surface area contributed by atoms with Crippen molar-refractivity contribution in [2.75, 3.05) is 30.3 Å². The Balaban J connectivity index is 1.56. The maximum atomic E-state index is 12.7. The van der Waals surface area contributed by atoms with Crippen LogP contribution in [0.25, 0.3) is 0 Å². The molecule has 0 saturated carbocycles. The predicted octanol–water partition coefficient (Wildman–Crippen LogP) is 1.14. The zero-order valence-electron chi connectivity index (χ0n) is 14.6. The molecule has 2 fully saturated rings. The minimum absolute atomic E-state index is 0.0302. The van der Waals surface area contributed by atoms with Crippen LogP contribution in [-0.2, 0) is 16.4 Å². The third kappa shape index (κ3) is 3.57. The Labute approximate surface area is 154 Å². The van der Waals surface area contributed by atoms with Crippen LogP contribution in [0.3, 0.4) is 0 Å². The summed E-state index contributed by atoms with van der Waals surface area (Å²) in [5.74, 6) is 0.915. The van der Waals surface area contributed by atoms with Gasteiger partial charge in [-0.15, -0.1) is 0 Å². The van der Waals surface area contributed by atoms with E-state index in [0.29, 0.717) is 25.5 Å². The molecule has 0 aromatic carbocycles. The second-order valence-electron chi connectivity index (χ2n) is 6.92. The van der Waals surface area contributed by atoms with E-state index < -0.39 is 9.84 Å². The fourth-order valence-electron chi connectivity index (χ4n) is 4.04. The molecule has 2 atom stereocenters. The maximum Gasteiger partial charge on any atom is 0.225 e. The van der Waals surface area contributed by atoms with Gasteiger partial charge in [0.1, 0.15) is 0 Å². The molecule has 0 aliphatic carbocycles. The number of fused-ring (bicyclic) bond motifs is 1. The Morgan fingerprint density at radius 3 is 2.62 bits per heavy atom. The van der Waals surface area contributed by atoms with Gasteiger partial charge in [-0.05, 0) is 30.5 Å². The van der Waals surface area contributed by atoms with Crippen LogP contribution < -0.4 is 4.90 Å². The number of anilines is 1. The summed E-state index contributed by atoms with van der Waals surface area (Å²) in [5.41, 5.74) is 1.12. The molecule has 2 aliphatic heterocycles. The summed E-state index contributed by atoms with van der Waals surface area (Å²) in [7, 11) is -3.06. The molecule has 0 unspecified atom stereocenters. The van der Waals surface area contributed by atoms with Gasteiger partial charge in [-0.1, -0.05) is 6.07 Å². The molecule has 138 valence electrons. The third-order valence-corrected chi connectivity index (χ3v) is 7.57. The first kappa shape index (κ1) is 17.4. The first-order chi connectivity index (χ1) is 12.6. The number of hydrogen-bond donors (Lipinski definition) is 0. The van der Waals surface area contributed by atoms with Crippen LogP contribution in [0.2, 0.25) is 0 Å². The summed E-state index contributed by atoms with van der Waals surface area (Å²) in [6, 6.07) is 5.80. The lowest BCUT2D eigenvalue weighted by atomic mass is 10.1. The molecule has 7 nitrogen and oxygen atoms in total. The molecule has 0 bridgehead atoms. The van der Waals surface area contributed by atoms with Crippen molar-refractivity contribution in [3.63, 3.8) is 0 Å². The number of hydrogen-bond acceptors (Lipinski definition) is 7. The van der Waals surface area contributed by atoms with Crippen LogP contribution in [0.4, 0.5) is 5.95 Å². The highest BCUT2D eigenvalue weighted by atomic mass is 32.2. The molecule has 0 radical (unpaired) electrons. The Morgan fingerprint density at radius 1 is 1.04 bits per heavy atom. The molecule has 0 spiro atoms. The fraction of sp³-hybridized carbons (Fsp3) is 0.500. The largest absolute Gasteiger partial charge is 0.341 e. The van der Waals surface area contributed by atoms with Gasteiger partial charge < -0.3 is 4.90 Å². The molecule has 4 heterocycles. The summed E-state index contributed by atoms with van der Waals surface area (Å²) in [6.07, 6.45) is 8.49. The fourth-order valence-corrected chi connectivity index (χ4v) is 6.08. The smallest absolute Gasteiger partial charge is 0.225 e. The number of pyridine rings is 1. The lowest BCUT2D eigenvalue weighted by molar-refractivity contribution is 0.175. The average Bonchev–Trinajstić information content (AvgIpc) is 2.90. The molecule has 2 aromatic heterocycles. The van der Waals surface area contributed by atoms with E-state index >= 15 is 0 Å². The van der Waals surface area contributed by atoms with Crippen LogP contribution in [0.15, 0.2) is 43.0 Å². The van der Waals surface area contributed by atoms with E-state index in [1.54, 1.807) is 24.7 Å². The van der Waals surface area contributed by atoms with Crippen molar-refractivity contribution in [2.45, 2.75) is 30.7 Å². The van der Waals surface area contributed by atoms with Gasteiger partial charge in [-0.2, -0.15) is 0 Å². The predicted molar refractivity (Wildman–Crippen MR) is 99.5 cm³/mol. The van der Waals surface area contributed by atoms with Crippen molar-refractivity contribution < 1.29 is 8.42 Å². The van der Waals surface area contributed by atoms with Gasteiger partial charge in [0.05, 0.1) is 11.0 Å². The third-order valence-electron chi connectivity index (χ3n) is 5.34. The highest BCUT2D eigenvalue weighted by molar-refractivity contribution is 7.92. The van der Waals surface area contributed by atoms with Gasteiger partial charge in [0.2, 0.25) is 5.95 Å². The van der Waals surface area contributed by atoms with Gasteiger partial charge in [-0.3, -0.25) is 9.88 Å². The van der Waals surface area contributed by atoms with E-state index in [2.05, 4.69) is 24.8 Å². The summed E-state index contributed by atoms with van der Waals surface area (Å²) in [4.78, 5) is 17.3. The molecule has 0 N–H and O–H groups in total. The number of aromatic nitrogens is 3. The Kier molecular flexibility index (Phi) is 4.86. The van der Waals surface area contributed by atoms with E-state index in [1.165, 1.54) is 0 Å². The molecule has 2 aromatic rings.